The van der Waals surface area contributed by atoms with Crippen molar-refractivity contribution in [2.75, 3.05) is 26.2 Å². The Labute approximate surface area is 190 Å². The van der Waals surface area contributed by atoms with E-state index in [2.05, 4.69) is 21.2 Å². The lowest BCUT2D eigenvalue weighted by atomic mass is 9.97. The van der Waals surface area contributed by atoms with E-state index in [1.54, 1.807) is 24.3 Å². The molecule has 9 heteroatoms. The van der Waals surface area contributed by atoms with Gasteiger partial charge in [0.1, 0.15) is 12.4 Å². The zero-order valence-electron chi connectivity index (χ0n) is 16.4. The highest BCUT2D eigenvalue weighted by Gasteiger charge is 2.31. The van der Waals surface area contributed by atoms with Crippen molar-refractivity contribution in [3.63, 3.8) is 0 Å². The number of amides is 1. The second-order valence-corrected chi connectivity index (χ2v) is 10.4. The predicted molar refractivity (Wildman–Crippen MR) is 121 cm³/mol. The summed E-state index contributed by atoms with van der Waals surface area (Å²) in [6.07, 6.45) is 1.02. The van der Waals surface area contributed by atoms with Gasteiger partial charge in [-0.2, -0.15) is 0 Å². The first-order valence-corrected chi connectivity index (χ1v) is 12.5. The Kier molecular flexibility index (Phi) is 8.16. The molecule has 2 aromatic carbocycles. The molecule has 1 aliphatic heterocycles. The molecule has 0 saturated carbocycles. The average Bonchev–Trinajstić information content (AvgIpc) is 2.74. The van der Waals surface area contributed by atoms with Gasteiger partial charge < -0.3 is 10.1 Å². The van der Waals surface area contributed by atoms with Crippen LogP contribution in [0.4, 0.5) is 0 Å². The quantitative estimate of drug-likeness (QED) is 0.542. The fourth-order valence-corrected chi connectivity index (χ4v) is 5.34. The van der Waals surface area contributed by atoms with Gasteiger partial charge in [0.25, 0.3) is 0 Å². The van der Waals surface area contributed by atoms with Gasteiger partial charge in [0.15, 0.2) is 0 Å². The molecule has 1 N–H and O–H groups in total. The highest BCUT2D eigenvalue weighted by atomic mass is 79.9. The van der Waals surface area contributed by atoms with Crippen LogP contribution in [0.15, 0.2) is 53.0 Å². The van der Waals surface area contributed by atoms with E-state index in [1.807, 2.05) is 24.3 Å². The third-order valence-corrected chi connectivity index (χ3v) is 7.67. The minimum atomic E-state index is -3.40. The van der Waals surface area contributed by atoms with Gasteiger partial charge in [0, 0.05) is 23.5 Å². The molecule has 0 atom stereocenters. The molecule has 0 spiro atoms. The summed E-state index contributed by atoms with van der Waals surface area (Å²) in [5.41, 5.74) is 0.747. The van der Waals surface area contributed by atoms with E-state index in [0.717, 1.165) is 10.0 Å². The second kappa shape index (κ2) is 10.6. The summed E-state index contributed by atoms with van der Waals surface area (Å²) in [6.45, 7) is 1.39. The van der Waals surface area contributed by atoms with Crippen LogP contribution < -0.4 is 10.1 Å². The summed E-state index contributed by atoms with van der Waals surface area (Å²) >= 11 is 9.38. The summed E-state index contributed by atoms with van der Waals surface area (Å²) in [5.74, 6) is 0.293. The maximum absolute atomic E-state index is 12.7. The number of carbonyl (C=O) groups excluding carboxylic acids is 1. The van der Waals surface area contributed by atoms with Crippen molar-refractivity contribution in [1.82, 2.24) is 9.62 Å². The lowest BCUT2D eigenvalue weighted by Gasteiger charge is -2.30. The number of carbonyl (C=O) groups is 1. The Hall–Kier alpha value is -1.61. The van der Waals surface area contributed by atoms with Gasteiger partial charge in [-0.1, -0.05) is 51.8 Å². The van der Waals surface area contributed by atoms with E-state index in [9.17, 15) is 13.2 Å². The van der Waals surface area contributed by atoms with Gasteiger partial charge in [-0.25, -0.2) is 12.7 Å². The summed E-state index contributed by atoms with van der Waals surface area (Å²) in [6, 6.07) is 14.4. The molecule has 1 fully saturated rings. The van der Waals surface area contributed by atoms with Crippen LogP contribution in [0.25, 0.3) is 0 Å². The first-order chi connectivity index (χ1) is 14.3. The Morgan fingerprint density at radius 1 is 1.13 bits per heavy atom. The molecule has 3 rings (SSSR count). The molecule has 30 heavy (non-hydrogen) atoms. The number of hydrogen-bond acceptors (Lipinski definition) is 4. The topological polar surface area (TPSA) is 75.7 Å². The van der Waals surface area contributed by atoms with Gasteiger partial charge in [0.05, 0.1) is 17.3 Å². The Bertz CT molecular complexity index is 961. The van der Waals surface area contributed by atoms with Crippen molar-refractivity contribution in [3.8, 4) is 5.75 Å². The third kappa shape index (κ3) is 6.44. The van der Waals surface area contributed by atoms with Crippen molar-refractivity contribution in [2.45, 2.75) is 18.6 Å². The van der Waals surface area contributed by atoms with Gasteiger partial charge >= 0.3 is 0 Å². The number of piperidine rings is 1. The molecule has 0 bridgehead atoms. The fraction of sp³-hybridized carbons (Fsp3) is 0.381. The smallest absolute Gasteiger partial charge is 0.223 e. The SMILES string of the molecule is O=C(NCCOc1ccccc1Cl)C1CCN(S(=O)(=O)Cc2ccc(Br)cc2)CC1. The number of ether oxygens (including phenoxy) is 1. The molecule has 0 aromatic heterocycles. The van der Waals surface area contributed by atoms with Gasteiger partial charge in [0.2, 0.25) is 15.9 Å². The van der Waals surface area contributed by atoms with E-state index < -0.39 is 10.0 Å². The molecule has 0 radical (unpaired) electrons. The first-order valence-electron chi connectivity index (χ1n) is 9.72. The van der Waals surface area contributed by atoms with E-state index in [4.69, 9.17) is 16.3 Å². The van der Waals surface area contributed by atoms with Crippen molar-refractivity contribution in [2.24, 2.45) is 5.92 Å². The fourth-order valence-electron chi connectivity index (χ4n) is 3.32. The van der Waals surface area contributed by atoms with E-state index in [-0.39, 0.29) is 17.6 Å². The molecule has 1 aliphatic rings. The zero-order valence-corrected chi connectivity index (χ0v) is 19.5. The third-order valence-electron chi connectivity index (χ3n) is 4.98. The van der Waals surface area contributed by atoms with Crippen LogP contribution in [0, 0.1) is 5.92 Å². The molecular formula is C21H24BrClN2O4S. The number of rotatable bonds is 8. The zero-order chi connectivity index (χ0) is 21.6. The largest absolute Gasteiger partial charge is 0.490 e. The number of hydrogen-bond donors (Lipinski definition) is 1. The molecule has 1 heterocycles. The van der Waals surface area contributed by atoms with Crippen molar-refractivity contribution in [3.05, 3.63) is 63.6 Å². The van der Waals surface area contributed by atoms with Crippen molar-refractivity contribution < 1.29 is 17.9 Å². The summed E-state index contributed by atoms with van der Waals surface area (Å²) in [5, 5.41) is 3.39. The maximum Gasteiger partial charge on any atom is 0.223 e. The molecule has 0 aliphatic carbocycles. The lowest BCUT2D eigenvalue weighted by Crippen LogP contribution is -2.43. The minimum Gasteiger partial charge on any atom is -0.490 e. The summed E-state index contributed by atoms with van der Waals surface area (Å²) in [7, 11) is -3.40. The van der Waals surface area contributed by atoms with Crippen LogP contribution in [0.5, 0.6) is 5.75 Å². The second-order valence-electron chi connectivity index (χ2n) is 7.13. The van der Waals surface area contributed by atoms with Crippen molar-refractivity contribution >= 4 is 43.5 Å². The molecule has 1 saturated heterocycles. The number of sulfonamides is 1. The van der Waals surface area contributed by atoms with Crippen LogP contribution in [-0.4, -0.2) is 44.9 Å². The number of nitrogens with zero attached hydrogens (tertiary/aromatic N) is 1. The highest BCUT2D eigenvalue weighted by Crippen LogP contribution is 2.24. The number of benzene rings is 2. The number of halogens is 2. The average molecular weight is 516 g/mol. The summed E-state index contributed by atoms with van der Waals surface area (Å²) < 4.78 is 33.3. The monoisotopic (exact) mass is 514 g/mol. The van der Waals surface area contributed by atoms with Gasteiger partial charge in [-0.3, -0.25) is 4.79 Å². The minimum absolute atomic E-state index is 0.0312. The number of nitrogens with one attached hydrogen (secondary N) is 1. The molecule has 1 amide bonds. The first kappa shape index (κ1) is 23.1. The Balaban J connectivity index is 1.41. The van der Waals surface area contributed by atoms with Gasteiger partial charge in [-0.05, 0) is 42.7 Å². The number of para-hydroxylation sites is 1. The molecular weight excluding hydrogens is 492 g/mol. The Morgan fingerprint density at radius 3 is 2.47 bits per heavy atom. The van der Waals surface area contributed by atoms with E-state index >= 15 is 0 Å². The standard InChI is InChI=1S/C21H24BrClN2O4S/c22-18-7-5-16(6-8-18)15-30(27,28)25-12-9-17(10-13-25)21(26)24-11-14-29-20-4-2-1-3-19(20)23/h1-8,17H,9-15H2,(H,24,26). The normalized spacial score (nSPS) is 15.7. The van der Waals surface area contributed by atoms with Crippen LogP contribution in [0.1, 0.15) is 18.4 Å². The lowest BCUT2D eigenvalue weighted by molar-refractivity contribution is -0.126. The molecule has 0 unspecified atom stereocenters. The molecule has 162 valence electrons. The van der Waals surface area contributed by atoms with Crippen molar-refractivity contribution in [1.29, 1.82) is 0 Å². The van der Waals surface area contributed by atoms with Crippen LogP contribution in [0.3, 0.4) is 0 Å². The molecule has 2 aromatic rings. The van der Waals surface area contributed by atoms with Crippen LogP contribution >= 0.6 is 27.5 Å². The Morgan fingerprint density at radius 2 is 1.80 bits per heavy atom. The highest BCUT2D eigenvalue weighted by molar-refractivity contribution is 9.10. The summed E-state index contributed by atoms with van der Waals surface area (Å²) in [4.78, 5) is 12.4. The van der Waals surface area contributed by atoms with E-state index in [1.165, 1.54) is 4.31 Å². The van der Waals surface area contributed by atoms with Crippen LogP contribution in [0.2, 0.25) is 5.02 Å². The predicted octanol–water partition coefficient (Wildman–Crippen LogP) is 3.84. The molecule has 6 nitrogen and oxygen atoms in total. The van der Waals surface area contributed by atoms with E-state index in [0.29, 0.717) is 49.9 Å². The van der Waals surface area contributed by atoms with Gasteiger partial charge in [-0.15, -0.1) is 0 Å². The maximum atomic E-state index is 12.7. The van der Waals surface area contributed by atoms with Crippen LogP contribution in [-0.2, 0) is 20.6 Å².